The van der Waals surface area contributed by atoms with Crippen molar-refractivity contribution in [1.82, 2.24) is 19.6 Å². The van der Waals surface area contributed by atoms with Crippen molar-refractivity contribution in [3.63, 3.8) is 0 Å². The number of aryl methyl sites for hydroxylation is 1. The van der Waals surface area contributed by atoms with Crippen LogP contribution >= 0.6 is 0 Å². The smallest absolute Gasteiger partial charge is 0.289 e. The van der Waals surface area contributed by atoms with Crippen LogP contribution in [-0.4, -0.2) is 57.6 Å². The standard InChI is InChI=1S/C23H23FN4O3/c1-16-20(17(2)28(25-16)19-7-5-18(24)6-8-19)9-10-22(29)26-11-13-27(14-12-26)23(30)21-4-3-15-31-21/h3-10,15H,11-14H2,1-2H3/b10-9+. The molecule has 0 atom stereocenters. The minimum Gasteiger partial charge on any atom is -0.459 e. The van der Waals surface area contributed by atoms with Crippen molar-refractivity contribution in [1.29, 1.82) is 0 Å². The van der Waals surface area contributed by atoms with Gasteiger partial charge in [0.05, 0.1) is 17.6 Å². The molecule has 4 rings (SSSR count). The first-order valence-corrected chi connectivity index (χ1v) is 10.1. The van der Waals surface area contributed by atoms with Crippen molar-refractivity contribution in [3.8, 4) is 5.69 Å². The summed E-state index contributed by atoms with van der Waals surface area (Å²) in [5.41, 5.74) is 3.25. The van der Waals surface area contributed by atoms with Crippen LogP contribution < -0.4 is 0 Å². The van der Waals surface area contributed by atoms with Gasteiger partial charge in [0.15, 0.2) is 5.76 Å². The van der Waals surface area contributed by atoms with Crippen molar-refractivity contribution in [2.45, 2.75) is 13.8 Å². The second kappa shape index (κ2) is 8.59. The van der Waals surface area contributed by atoms with E-state index in [0.29, 0.717) is 31.9 Å². The Kier molecular flexibility index (Phi) is 5.70. The fraction of sp³-hybridized carbons (Fsp3) is 0.261. The Bertz CT molecular complexity index is 1110. The maximum atomic E-state index is 13.2. The van der Waals surface area contributed by atoms with Crippen molar-refractivity contribution >= 4 is 17.9 Å². The molecule has 0 saturated carbocycles. The van der Waals surface area contributed by atoms with E-state index in [4.69, 9.17) is 4.42 Å². The SMILES string of the molecule is Cc1nn(-c2ccc(F)cc2)c(C)c1/C=C/C(=O)N1CCN(C(=O)c2ccco2)CC1. The summed E-state index contributed by atoms with van der Waals surface area (Å²) in [6.45, 7) is 5.62. The number of nitrogens with zero attached hydrogens (tertiary/aromatic N) is 4. The molecule has 1 aliphatic heterocycles. The molecular formula is C23H23FN4O3. The zero-order valence-corrected chi connectivity index (χ0v) is 17.4. The van der Waals surface area contributed by atoms with Crippen molar-refractivity contribution in [2.24, 2.45) is 0 Å². The minimum absolute atomic E-state index is 0.113. The van der Waals surface area contributed by atoms with E-state index in [0.717, 1.165) is 22.6 Å². The summed E-state index contributed by atoms with van der Waals surface area (Å²) in [4.78, 5) is 28.4. The number of hydrogen-bond donors (Lipinski definition) is 0. The number of carbonyl (C=O) groups excluding carboxylic acids is 2. The molecule has 3 aromatic rings. The predicted molar refractivity (Wildman–Crippen MR) is 113 cm³/mol. The van der Waals surface area contributed by atoms with Crippen molar-refractivity contribution in [2.75, 3.05) is 26.2 Å². The second-order valence-corrected chi connectivity index (χ2v) is 7.40. The zero-order valence-electron chi connectivity index (χ0n) is 17.4. The summed E-state index contributed by atoms with van der Waals surface area (Å²) in [6, 6.07) is 9.43. The number of hydrogen-bond acceptors (Lipinski definition) is 4. The van der Waals surface area contributed by atoms with Crippen LogP contribution in [0.2, 0.25) is 0 Å². The predicted octanol–water partition coefficient (Wildman–Crippen LogP) is 3.22. The molecule has 0 unspecified atom stereocenters. The van der Waals surface area contributed by atoms with Gasteiger partial charge >= 0.3 is 0 Å². The summed E-state index contributed by atoms with van der Waals surface area (Å²) in [7, 11) is 0. The lowest BCUT2D eigenvalue weighted by Gasteiger charge is -2.33. The van der Waals surface area contributed by atoms with Gasteiger partial charge in [0, 0.05) is 43.5 Å². The van der Waals surface area contributed by atoms with Crippen LogP contribution in [-0.2, 0) is 4.79 Å². The Morgan fingerprint density at radius 3 is 2.35 bits per heavy atom. The molecule has 0 spiro atoms. The molecule has 3 heterocycles. The molecule has 1 fully saturated rings. The number of rotatable bonds is 4. The molecule has 1 aromatic carbocycles. The normalized spacial score (nSPS) is 14.4. The molecule has 2 amide bonds. The minimum atomic E-state index is -0.304. The Balaban J connectivity index is 1.41. The van der Waals surface area contributed by atoms with Crippen LogP contribution in [0.1, 0.15) is 27.5 Å². The number of amides is 2. The fourth-order valence-electron chi connectivity index (χ4n) is 3.68. The monoisotopic (exact) mass is 422 g/mol. The molecule has 8 heteroatoms. The van der Waals surface area contributed by atoms with Gasteiger partial charge in [-0.3, -0.25) is 9.59 Å². The van der Waals surface area contributed by atoms with Gasteiger partial charge in [-0.15, -0.1) is 0 Å². The van der Waals surface area contributed by atoms with Gasteiger partial charge < -0.3 is 14.2 Å². The zero-order chi connectivity index (χ0) is 22.0. The van der Waals surface area contributed by atoms with Gasteiger partial charge in [-0.05, 0) is 56.3 Å². The Labute approximate surface area is 179 Å². The number of carbonyl (C=O) groups is 2. The van der Waals surface area contributed by atoms with Crippen LogP contribution in [0, 0.1) is 19.7 Å². The first-order chi connectivity index (χ1) is 14.9. The van der Waals surface area contributed by atoms with E-state index < -0.39 is 0 Å². The maximum Gasteiger partial charge on any atom is 0.289 e. The quantitative estimate of drug-likeness (QED) is 0.606. The molecule has 31 heavy (non-hydrogen) atoms. The van der Waals surface area contributed by atoms with Gasteiger partial charge in [0.2, 0.25) is 5.91 Å². The number of furan rings is 1. The number of piperazine rings is 1. The van der Waals surface area contributed by atoms with Crippen molar-refractivity contribution < 1.29 is 18.4 Å². The molecule has 0 bridgehead atoms. The van der Waals surface area contributed by atoms with Crippen LogP contribution in [0.25, 0.3) is 11.8 Å². The van der Waals surface area contributed by atoms with Gasteiger partial charge in [0.1, 0.15) is 5.82 Å². The Morgan fingerprint density at radius 1 is 1.03 bits per heavy atom. The molecular weight excluding hydrogens is 399 g/mol. The molecule has 1 aliphatic rings. The highest BCUT2D eigenvalue weighted by Crippen LogP contribution is 2.20. The third-order valence-corrected chi connectivity index (χ3v) is 5.42. The van der Waals surface area contributed by atoms with Crippen LogP contribution in [0.15, 0.2) is 53.2 Å². The van der Waals surface area contributed by atoms with E-state index in [1.165, 1.54) is 24.5 Å². The number of benzene rings is 1. The molecule has 2 aromatic heterocycles. The third kappa shape index (κ3) is 4.28. The van der Waals surface area contributed by atoms with E-state index >= 15 is 0 Å². The van der Waals surface area contributed by atoms with Crippen LogP contribution in [0.5, 0.6) is 0 Å². The first kappa shape index (κ1) is 20.6. The average molecular weight is 422 g/mol. The Hall–Kier alpha value is -3.68. The third-order valence-electron chi connectivity index (χ3n) is 5.42. The summed E-state index contributed by atoms with van der Waals surface area (Å²) in [5.74, 6) is -0.267. The topological polar surface area (TPSA) is 71.6 Å². The van der Waals surface area contributed by atoms with E-state index in [1.807, 2.05) is 13.8 Å². The maximum absolute atomic E-state index is 13.2. The molecule has 0 aliphatic carbocycles. The van der Waals surface area contributed by atoms with Gasteiger partial charge in [-0.25, -0.2) is 9.07 Å². The van der Waals surface area contributed by atoms with Crippen LogP contribution in [0.4, 0.5) is 4.39 Å². The van der Waals surface area contributed by atoms with Gasteiger partial charge in [-0.2, -0.15) is 5.10 Å². The van der Waals surface area contributed by atoms with Crippen LogP contribution in [0.3, 0.4) is 0 Å². The Morgan fingerprint density at radius 2 is 1.71 bits per heavy atom. The summed E-state index contributed by atoms with van der Waals surface area (Å²) >= 11 is 0. The summed E-state index contributed by atoms with van der Waals surface area (Å²) < 4.78 is 20.1. The summed E-state index contributed by atoms with van der Waals surface area (Å²) in [6.07, 6.45) is 4.77. The lowest BCUT2D eigenvalue weighted by molar-refractivity contribution is -0.127. The molecule has 0 radical (unpaired) electrons. The largest absolute Gasteiger partial charge is 0.459 e. The van der Waals surface area contributed by atoms with E-state index in [1.54, 1.807) is 44.8 Å². The van der Waals surface area contributed by atoms with Gasteiger partial charge in [0.25, 0.3) is 5.91 Å². The fourth-order valence-corrected chi connectivity index (χ4v) is 3.68. The van der Waals surface area contributed by atoms with Gasteiger partial charge in [-0.1, -0.05) is 0 Å². The average Bonchev–Trinajstić information content (AvgIpc) is 3.41. The second-order valence-electron chi connectivity index (χ2n) is 7.40. The lowest BCUT2D eigenvalue weighted by atomic mass is 10.1. The summed E-state index contributed by atoms with van der Waals surface area (Å²) in [5, 5.41) is 4.52. The first-order valence-electron chi connectivity index (χ1n) is 10.1. The molecule has 7 nitrogen and oxygen atoms in total. The molecule has 0 N–H and O–H groups in total. The number of aromatic nitrogens is 2. The van der Waals surface area contributed by atoms with E-state index in [-0.39, 0.29) is 17.6 Å². The molecule has 160 valence electrons. The number of halogens is 1. The van der Waals surface area contributed by atoms with E-state index in [9.17, 15) is 14.0 Å². The highest BCUT2D eigenvalue weighted by molar-refractivity contribution is 5.93. The lowest BCUT2D eigenvalue weighted by Crippen LogP contribution is -2.50. The van der Waals surface area contributed by atoms with E-state index in [2.05, 4.69) is 5.10 Å². The molecule has 1 saturated heterocycles. The highest BCUT2D eigenvalue weighted by Gasteiger charge is 2.25. The highest BCUT2D eigenvalue weighted by atomic mass is 19.1. The van der Waals surface area contributed by atoms with Crippen molar-refractivity contribution in [3.05, 3.63) is 77.3 Å².